The maximum Gasteiger partial charge on any atom is 0.339 e. The predicted octanol–water partition coefficient (Wildman–Crippen LogP) is 9.01. The fourth-order valence-electron chi connectivity index (χ4n) is 8.12. The van der Waals surface area contributed by atoms with E-state index in [0.29, 0.717) is 52.3 Å². The van der Waals surface area contributed by atoms with Crippen molar-refractivity contribution >= 4 is 46.2 Å². The topological polar surface area (TPSA) is 99.6 Å². The summed E-state index contributed by atoms with van der Waals surface area (Å²) in [7, 11) is 4.67. The Labute approximate surface area is 322 Å². The van der Waals surface area contributed by atoms with Gasteiger partial charge < -0.3 is 18.9 Å². The molecule has 8 rings (SSSR count). The Kier molecular flexibility index (Phi) is 10.1. The van der Waals surface area contributed by atoms with Crippen LogP contribution in [-0.4, -0.2) is 55.5 Å². The third kappa shape index (κ3) is 6.89. The molecule has 11 heteroatoms. The number of nitrogens with zero attached hydrogens (tertiary/aromatic N) is 3. The van der Waals surface area contributed by atoms with Crippen molar-refractivity contribution in [2.24, 2.45) is 11.0 Å². The molecular formula is C45H39F2N3O6. The summed E-state index contributed by atoms with van der Waals surface area (Å²) in [5.74, 6) is -0.509. The summed E-state index contributed by atoms with van der Waals surface area (Å²) in [6.45, 7) is -0.559. The van der Waals surface area contributed by atoms with Crippen LogP contribution in [-0.2, 0) is 16.0 Å². The number of esters is 1. The number of fused-ring (bicyclic) bond motifs is 3. The first kappa shape index (κ1) is 36.6. The van der Waals surface area contributed by atoms with Gasteiger partial charge in [0.2, 0.25) is 5.75 Å². The highest BCUT2D eigenvalue weighted by Gasteiger charge is 2.44. The molecule has 1 saturated carbocycles. The fraction of sp³-hybridized carbons (Fsp3) is 0.244. The summed E-state index contributed by atoms with van der Waals surface area (Å²) in [6, 6.07) is 22.8. The summed E-state index contributed by atoms with van der Waals surface area (Å²) in [4.78, 5) is 33.3. The van der Waals surface area contributed by atoms with E-state index in [9.17, 15) is 18.4 Å². The molecule has 0 saturated heterocycles. The number of amides is 1. The van der Waals surface area contributed by atoms with Crippen molar-refractivity contribution in [2.45, 2.75) is 38.1 Å². The van der Waals surface area contributed by atoms with Gasteiger partial charge in [-0.1, -0.05) is 42.5 Å². The Morgan fingerprint density at radius 2 is 1.48 bits per heavy atom. The number of halogens is 2. The Balaban J connectivity index is 1.10. The van der Waals surface area contributed by atoms with Crippen LogP contribution in [0, 0.1) is 17.6 Å². The number of methoxy groups -OCH3 is 3. The number of rotatable bonds is 9. The number of hydrogen-bond donors (Lipinski definition) is 0. The smallest absolute Gasteiger partial charge is 0.339 e. The van der Waals surface area contributed by atoms with Crippen molar-refractivity contribution < 1.29 is 37.3 Å². The third-order valence-electron chi connectivity index (χ3n) is 10.7. The normalized spacial score (nSPS) is 18.8. The second-order valence-electron chi connectivity index (χ2n) is 14.0. The van der Waals surface area contributed by atoms with E-state index in [4.69, 9.17) is 29.0 Å². The molecule has 0 bridgehead atoms. The lowest BCUT2D eigenvalue weighted by atomic mass is 9.77. The molecule has 1 aromatic heterocycles. The molecule has 2 atom stereocenters. The van der Waals surface area contributed by atoms with Crippen LogP contribution in [0.2, 0.25) is 0 Å². The van der Waals surface area contributed by atoms with Gasteiger partial charge in [0.1, 0.15) is 11.6 Å². The van der Waals surface area contributed by atoms with E-state index in [0.717, 1.165) is 58.4 Å². The van der Waals surface area contributed by atoms with Crippen LogP contribution in [0.5, 0.6) is 17.2 Å². The molecule has 5 aromatic rings. The first-order chi connectivity index (χ1) is 27.3. The molecule has 1 fully saturated rings. The van der Waals surface area contributed by atoms with Gasteiger partial charge >= 0.3 is 5.97 Å². The van der Waals surface area contributed by atoms with Crippen LogP contribution >= 0.6 is 0 Å². The summed E-state index contributed by atoms with van der Waals surface area (Å²) < 4.78 is 50.2. The minimum atomic E-state index is -0.637. The van der Waals surface area contributed by atoms with Gasteiger partial charge in [-0.15, -0.1) is 0 Å². The van der Waals surface area contributed by atoms with E-state index in [1.54, 1.807) is 45.6 Å². The molecule has 3 aliphatic rings. The molecule has 2 unspecified atom stereocenters. The Morgan fingerprint density at radius 3 is 2.18 bits per heavy atom. The summed E-state index contributed by atoms with van der Waals surface area (Å²) in [5, 5.41) is 6.88. The van der Waals surface area contributed by atoms with Gasteiger partial charge in [-0.3, -0.25) is 4.79 Å². The number of benzene rings is 4. The standard InChI is InChI=1S/C45H39F2N3O6/c1-53-37-23-27(24-38(54-2)44(37)55-3)22-30-15-20-34-40(33-8-4-5-10-36(33)48-41(30)34)45(52)56-25-39(51)50-43(28-13-18-32(47)19-14-28)35-9-6-7-29(42(35)49-50)21-26-11-16-31(46)17-12-26/h4-5,8,10-14,16-19,21-24,35,43H,6-7,9,15,20,25H2,1-3H3/b29-21-,30-22+. The molecule has 9 nitrogen and oxygen atoms in total. The second kappa shape index (κ2) is 15.4. The van der Waals surface area contributed by atoms with E-state index in [1.165, 1.54) is 29.3 Å². The fourth-order valence-corrected chi connectivity index (χ4v) is 8.12. The molecule has 0 spiro atoms. The number of para-hydroxylation sites is 1. The first-order valence-corrected chi connectivity index (χ1v) is 18.5. The molecule has 0 N–H and O–H groups in total. The van der Waals surface area contributed by atoms with E-state index < -0.39 is 30.3 Å². The first-order valence-electron chi connectivity index (χ1n) is 18.5. The number of aromatic nitrogens is 1. The van der Waals surface area contributed by atoms with Gasteiger partial charge in [-0.05, 0) is 120 Å². The van der Waals surface area contributed by atoms with E-state index in [2.05, 4.69) is 0 Å². The van der Waals surface area contributed by atoms with Gasteiger partial charge in [0.05, 0.1) is 49.9 Å². The van der Waals surface area contributed by atoms with Crippen molar-refractivity contribution in [2.75, 3.05) is 27.9 Å². The van der Waals surface area contributed by atoms with Crippen LogP contribution in [0.3, 0.4) is 0 Å². The number of allylic oxidation sites excluding steroid dienone is 2. The zero-order valence-electron chi connectivity index (χ0n) is 31.2. The van der Waals surface area contributed by atoms with Gasteiger partial charge in [-0.2, -0.15) is 5.10 Å². The number of carbonyl (C=O) groups is 2. The number of hydrazone groups is 1. The highest BCUT2D eigenvalue weighted by molar-refractivity contribution is 6.09. The lowest BCUT2D eigenvalue weighted by Crippen LogP contribution is -2.34. The minimum absolute atomic E-state index is 0.163. The van der Waals surface area contributed by atoms with Crippen molar-refractivity contribution in [3.05, 3.63) is 136 Å². The molecule has 1 amide bonds. The van der Waals surface area contributed by atoms with E-state index in [1.807, 2.05) is 48.6 Å². The monoisotopic (exact) mass is 755 g/mol. The van der Waals surface area contributed by atoms with Crippen LogP contribution in [0.4, 0.5) is 8.78 Å². The highest BCUT2D eigenvalue weighted by Crippen LogP contribution is 2.45. The molecular weight excluding hydrogens is 717 g/mol. The summed E-state index contributed by atoms with van der Waals surface area (Å²) in [5.41, 5.74) is 7.39. The van der Waals surface area contributed by atoms with Gasteiger partial charge in [0.15, 0.2) is 18.1 Å². The van der Waals surface area contributed by atoms with Gasteiger partial charge in [0, 0.05) is 11.3 Å². The van der Waals surface area contributed by atoms with E-state index in [-0.39, 0.29) is 11.7 Å². The molecule has 0 radical (unpaired) electrons. The van der Waals surface area contributed by atoms with Crippen molar-refractivity contribution in [1.82, 2.24) is 9.99 Å². The molecule has 4 aromatic carbocycles. The Bertz CT molecular complexity index is 2420. The van der Waals surface area contributed by atoms with E-state index >= 15 is 0 Å². The average molecular weight is 756 g/mol. The Hall–Kier alpha value is -6.36. The number of hydrogen-bond acceptors (Lipinski definition) is 8. The maximum absolute atomic E-state index is 14.2. The van der Waals surface area contributed by atoms with Crippen LogP contribution < -0.4 is 14.2 Å². The number of carbonyl (C=O) groups excluding carboxylic acids is 2. The maximum atomic E-state index is 14.2. The molecule has 1 aliphatic heterocycles. The van der Waals surface area contributed by atoms with Crippen LogP contribution in [0.25, 0.3) is 28.6 Å². The van der Waals surface area contributed by atoms with Crippen molar-refractivity contribution in [3.8, 4) is 17.2 Å². The van der Waals surface area contributed by atoms with Gasteiger partial charge in [0.25, 0.3) is 5.91 Å². The molecule has 284 valence electrons. The third-order valence-corrected chi connectivity index (χ3v) is 10.7. The van der Waals surface area contributed by atoms with Crippen molar-refractivity contribution in [3.63, 3.8) is 0 Å². The lowest BCUT2D eigenvalue weighted by molar-refractivity contribution is -0.137. The minimum Gasteiger partial charge on any atom is -0.493 e. The highest BCUT2D eigenvalue weighted by atomic mass is 19.1. The average Bonchev–Trinajstić information content (AvgIpc) is 3.81. The van der Waals surface area contributed by atoms with Crippen molar-refractivity contribution in [1.29, 1.82) is 0 Å². The largest absolute Gasteiger partial charge is 0.493 e. The zero-order chi connectivity index (χ0) is 38.9. The predicted molar refractivity (Wildman–Crippen MR) is 209 cm³/mol. The van der Waals surface area contributed by atoms with Gasteiger partial charge in [-0.25, -0.2) is 23.6 Å². The Morgan fingerprint density at radius 1 is 0.804 bits per heavy atom. The summed E-state index contributed by atoms with van der Waals surface area (Å²) >= 11 is 0. The molecule has 2 heterocycles. The molecule has 56 heavy (non-hydrogen) atoms. The summed E-state index contributed by atoms with van der Waals surface area (Å²) in [6.07, 6.45) is 7.47. The molecule has 2 aliphatic carbocycles. The van der Waals surface area contributed by atoms with Crippen LogP contribution in [0.15, 0.2) is 95.6 Å². The number of ether oxygens (including phenoxy) is 4. The SMILES string of the molecule is COc1cc(/C=C2\CCc3c2nc2ccccc2c3C(=O)OCC(=O)N2N=C3/C(=C\c4ccc(F)cc4)CCCC3C2c2ccc(F)cc2)cc(OC)c1OC. The second-order valence-corrected chi connectivity index (χ2v) is 14.0. The zero-order valence-corrected chi connectivity index (χ0v) is 31.2. The quantitative estimate of drug-likeness (QED) is 0.139. The van der Waals surface area contributed by atoms with Crippen LogP contribution in [0.1, 0.15) is 70.0 Å². The number of pyridine rings is 1. The lowest BCUT2D eigenvalue weighted by Gasteiger charge is -2.29.